The zero-order valence-electron chi connectivity index (χ0n) is 10.9. The minimum Gasteiger partial charge on any atom is -0.396 e. The highest BCUT2D eigenvalue weighted by atomic mass is 16.3. The number of nitrogens with one attached hydrogen (secondary N) is 1. The molecular formula is C13H28N2O. The maximum atomic E-state index is 9.06. The molecule has 0 radical (unpaired) electrons. The van der Waals surface area contributed by atoms with Crippen LogP contribution in [0, 0.1) is 0 Å². The van der Waals surface area contributed by atoms with Gasteiger partial charge in [0, 0.05) is 25.2 Å². The predicted molar refractivity (Wildman–Crippen MR) is 68.7 cm³/mol. The molecular weight excluding hydrogens is 200 g/mol. The van der Waals surface area contributed by atoms with E-state index in [-0.39, 0.29) is 0 Å². The second kappa shape index (κ2) is 8.04. The highest BCUT2D eigenvalue weighted by Gasteiger charge is 2.19. The van der Waals surface area contributed by atoms with Crippen LogP contribution in [0.25, 0.3) is 0 Å². The molecule has 0 amide bonds. The number of rotatable bonds is 6. The van der Waals surface area contributed by atoms with Crippen molar-refractivity contribution in [3.8, 4) is 0 Å². The molecule has 1 heterocycles. The Kier molecular flexibility index (Phi) is 7.01. The summed E-state index contributed by atoms with van der Waals surface area (Å²) >= 11 is 0. The van der Waals surface area contributed by atoms with E-state index < -0.39 is 0 Å². The van der Waals surface area contributed by atoms with Gasteiger partial charge >= 0.3 is 0 Å². The van der Waals surface area contributed by atoms with Crippen LogP contribution in [-0.4, -0.2) is 48.3 Å². The molecule has 16 heavy (non-hydrogen) atoms. The highest BCUT2D eigenvalue weighted by Crippen LogP contribution is 2.16. The molecule has 0 spiro atoms. The second-order valence-corrected chi connectivity index (χ2v) is 4.96. The number of hydrogen-bond acceptors (Lipinski definition) is 3. The van der Waals surface area contributed by atoms with Gasteiger partial charge in [-0.2, -0.15) is 0 Å². The first kappa shape index (κ1) is 13.9. The average molecular weight is 228 g/mol. The van der Waals surface area contributed by atoms with E-state index in [0.29, 0.717) is 18.7 Å². The van der Waals surface area contributed by atoms with E-state index in [1.165, 1.54) is 32.2 Å². The molecule has 0 aromatic rings. The Labute approximate surface area is 100 Å². The number of likely N-dealkylation sites (N-methyl/N-ethyl adjacent to an activating group) is 1. The van der Waals surface area contributed by atoms with Gasteiger partial charge in [0.05, 0.1) is 0 Å². The van der Waals surface area contributed by atoms with Crippen LogP contribution < -0.4 is 5.32 Å². The minimum absolute atomic E-state index is 0.292. The van der Waals surface area contributed by atoms with Crippen molar-refractivity contribution >= 4 is 0 Å². The Hall–Kier alpha value is -0.120. The Morgan fingerprint density at radius 3 is 2.88 bits per heavy atom. The van der Waals surface area contributed by atoms with Crippen molar-refractivity contribution in [2.75, 3.05) is 26.2 Å². The van der Waals surface area contributed by atoms with Gasteiger partial charge < -0.3 is 10.4 Å². The van der Waals surface area contributed by atoms with Gasteiger partial charge in [-0.15, -0.1) is 0 Å². The molecule has 1 rings (SSSR count). The van der Waals surface area contributed by atoms with Crippen LogP contribution >= 0.6 is 0 Å². The number of aliphatic hydroxyl groups is 1. The van der Waals surface area contributed by atoms with Crippen molar-refractivity contribution in [2.24, 2.45) is 0 Å². The zero-order valence-corrected chi connectivity index (χ0v) is 10.9. The number of aliphatic hydroxyl groups excluding tert-OH is 1. The lowest BCUT2D eigenvalue weighted by molar-refractivity contribution is 0.173. The maximum Gasteiger partial charge on any atom is 0.0446 e. The molecule has 2 atom stereocenters. The summed E-state index contributed by atoms with van der Waals surface area (Å²) in [4.78, 5) is 2.59. The zero-order chi connectivity index (χ0) is 11.8. The van der Waals surface area contributed by atoms with Crippen molar-refractivity contribution in [3.05, 3.63) is 0 Å². The minimum atomic E-state index is 0.292. The molecule has 0 saturated carbocycles. The van der Waals surface area contributed by atoms with E-state index in [9.17, 15) is 0 Å². The molecule has 0 aliphatic carbocycles. The normalized spacial score (nSPS) is 25.3. The summed E-state index contributed by atoms with van der Waals surface area (Å²) in [5, 5.41) is 12.5. The SMILES string of the molecule is CCNC(CCO)CN1CCCCCC1C. The quantitative estimate of drug-likeness (QED) is 0.725. The lowest BCUT2D eigenvalue weighted by Crippen LogP contribution is -2.45. The van der Waals surface area contributed by atoms with Gasteiger partial charge in [0.15, 0.2) is 0 Å². The average Bonchev–Trinajstić information content (AvgIpc) is 2.45. The monoisotopic (exact) mass is 228 g/mol. The van der Waals surface area contributed by atoms with Crippen molar-refractivity contribution in [1.29, 1.82) is 0 Å². The van der Waals surface area contributed by atoms with E-state index in [0.717, 1.165) is 19.5 Å². The van der Waals surface area contributed by atoms with Gasteiger partial charge in [-0.25, -0.2) is 0 Å². The molecule has 0 bridgehead atoms. The molecule has 1 fully saturated rings. The summed E-state index contributed by atoms with van der Waals surface area (Å²) < 4.78 is 0. The molecule has 3 nitrogen and oxygen atoms in total. The summed E-state index contributed by atoms with van der Waals surface area (Å²) in [7, 11) is 0. The molecule has 3 heteroatoms. The summed E-state index contributed by atoms with van der Waals surface area (Å²) in [6, 6.07) is 1.16. The molecule has 2 N–H and O–H groups in total. The van der Waals surface area contributed by atoms with Gasteiger partial charge in [-0.3, -0.25) is 4.90 Å². The molecule has 2 unspecified atom stereocenters. The predicted octanol–water partition coefficient (Wildman–Crippen LogP) is 1.61. The fourth-order valence-corrected chi connectivity index (χ4v) is 2.59. The summed E-state index contributed by atoms with van der Waals surface area (Å²) in [6.45, 7) is 8.08. The molecule has 1 aliphatic rings. The number of nitrogens with zero attached hydrogens (tertiary/aromatic N) is 1. The van der Waals surface area contributed by atoms with E-state index in [4.69, 9.17) is 5.11 Å². The first-order chi connectivity index (χ1) is 7.77. The van der Waals surface area contributed by atoms with E-state index >= 15 is 0 Å². The first-order valence-corrected chi connectivity index (χ1v) is 6.86. The van der Waals surface area contributed by atoms with Crippen molar-refractivity contribution in [2.45, 2.75) is 58.0 Å². The Morgan fingerprint density at radius 1 is 1.38 bits per heavy atom. The van der Waals surface area contributed by atoms with E-state index in [2.05, 4.69) is 24.1 Å². The van der Waals surface area contributed by atoms with Crippen LogP contribution in [0.3, 0.4) is 0 Å². The van der Waals surface area contributed by atoms with Gasteiger partial charge in [-0.1, -0.05) is 19.8 Å². The number of likely N-dealkylation sites (tertiary alicyclic amines) is 1. The van der Waals surface area contributed by atoms with Crippen LogP contribution in [0.1, 0.15) is 46.0 Å². The van der Waals surface area contributed by atoms with Crippen LogP contribution in [0.5, 0.6) is 0 Å². The molecule has 0 aromatic heterocycles. The Balaban J connectivity index is 2.40. The molecule has 0 aromatic carbocycles. The lowest BCUT2D eigenvalue weighted by Gasteiger charge is -2.31. The van der Waals surface area contributed by atoms with Gasteiger partial charge in [0.2, 0.25) is 0 Å². The lowest BCUT2D eigenvalue weighted by atomic mass is 10.1. The largest absolute Gasteiger partial charge is 0.396 e. The molecule has 96 valence electrons. The van der Waals surface area contributed by atoms with Gasteiger partial charge in [0.25, 0.3) is 0 Å². The summed E-state index contributed by atoms with van der Waals surface area (Å²) in [5.41, 5.74) is 0. The third-order valence-corrected chi connectivity index (χ3v) is 3.62. The fourth-order valence-electron chi connectivity index (χ4n) is 2.59. The van der Waals surface area contributed by atoms with Crippen LogP contribution in [0.4, 0.5) is 0 Å². The standard InChI is InChI=1S/C13H28N2O/c1-3-14-13(8-10-16)11-15-9-6-4-5-7-12(15)2/h12-14,16H,3-11H2,1-2H3. The summed E-state index contributed by atoms with van der Waals surface area (Å²) in [6.07, 6.45) is 6.30. The van der Waals surface area contributed by atoms with E-state index in [1.807, 2.05) is 0 Å². The van der Waals surface area contributed by atoms with Gasteiger partial charge in [0.1, 0.15) is 0 Å². The second-order valence-electron chi connectivity index (χ2n) is 4.96. The van der Waals surface area contributed by atoms with Crippen LogP contribution in [-0.2, 0) is 0 Å². The van der Waals surface area contributed by atoms with Crippen LogP contribution in [0.2, 0.25) is 0 Å². The van der Waals surface area contributed by atoms with Crippen molar-refractivity contribution < 1.29 is 5.11 Å². The fraction of sp³-hybridized carbons (Fsp3) is 1.00. The van der Waals surface area contributed by atoms with Crippen molar-refractivity contribution in [3.63, 3.8) is 0 Å². The summed E-state index contributed by atoms with van der Waals surface area (Å²) in [5.74, 6) is 0. The molecule has 1 saturated heterocycles. The van der Waals surface area contributed by atoms with E-state index in [1.54, 1.807) is 0 Å². The number of hydrogen-bond donors (Lipinski definition) is 2. The van der Waals surface area contributed by atoms with Crippen LogP contribution in [0.15, 0.2) is 0 Å². The molecule has 1 aliphatic heterocycles. The topological polar surface area (TPSA) is 35.5 Å². The highest BCUT2D eigenvalue weighted by molar-refractivity contribution is 4.77. The van der Waals surface area contributed by atoms with Gasteiger partial charge in [-0.05, 0) is 39.3 Å². The smallest absolute Gasteiger partial charge is 0.0446 e. The third kappa shape index (κ3) is 4.81. The Bertz CT molecular complexity index is 169. The Morgan fingerprint density at radius 2 is 2.19 bits per heavy atom. The maximum absolute atomic E-state index is 9.06. The van der Waals surface area contributed by atoms with Crippen molar-refractivity contribution in [1.82, 2.24) is 10.2 Å². The third-order valence-electron chi connectivity index (χ3n) is 3.62. The first-order valence-electron chi connectivity index (χ1n) is 6.86.